The summed E-state index contributed by atoms with van der Waals surface area (Å²) in [6, 6.07) is 19.9. The van der Waals surface area contributed by atoms with Crippen molar-refractivity contribution in [1.29, 1.82) is 0 Å². The van der Waals surface area contributed by atoms with Crippen molar-refractivity contribution in [3.63, 3.8) is 0 Å². The molecular formula is C34H45ClN4O2. The van der Waals surface area contributed by atoms with Crippen LogP contribution in [0.4, 0.5) is 10.5 Å². The van der Waals surface area contributed by atoms with Gasteiger partial charge in [-0.25, -0.2) is 4.79 Å². The summed E-state index contributed by atoms with van der Waals surface area (Å²) in [7, 11) is 0. The molecule has 41 heavy (non-hydrogen) atoms. The molecule has 1 fully saturated rings. The number of anilines is 1. The number of aromatic nitrogens is 1. The Morgan fingerprint density at radius 3 is 2.41 bits per heavy atom. The largest absolute Gasteiger partial charge is 0.345 e. The van der Waals surface area contributed by atoms with Crippen molar-refractivity contribution < 1.29 is 9.59 Å². The van der Waals surface area contributed by atoms with Crippen LogP contribution in [0, 0.1) is 5.92 Å². The number of benzene rings is 2. The van der Waals surface area contributed by atoms with Crippen LogP contribution in [0.15, 0.2) is 66.9 Å². The molecule has 0 bridgehead atoms. The van der Waals surface area contributed by atoms with Crippen LogP contribution in [0.3, 0.4) is 0 Å². The average Bonchev–Trinajstić information content (AvgIpc) is 3.42. The monoisotopic (exact) mass is 576 g/mol. The zero-order valence-corrected chi connectivity index (χ0v) is 25.6. The van der Waals surface area contributed by atoms with Gasteiger partial charge < -0.3 is 19.7 Å². The molecule has 2 aromatic carbocycles. The van der Waals surface area contributed by atoms with Crippen molar-refractivity contribution in [3.8, 4) is 0 Å². The van der Waals surface area contributed by atoms with E-state index in [0.717, 1.165) is 60.5 Å². The number of halogens is 1. The number of urea groups is 1. The number of hydrogen-bond donors (Lipinski definition) is 1. The molecule has 0 aliphatic heterocycles. The Bertz CT molecular complexity index is 1260. The number of carbonyl (C=O) groups excluding carboxylic acids is 2. The Morgan fingerprint density at radius 1 is 1.00 bits per heavy atom. The van der Waals surface area contributed by atoms with Gasteiger partial charge in [0.25, 0.3) is 0 Å². The maximum absolute atomic E-state index is 14.1. The number of aryl methyl sites for hydroxylation is 1. The first-order chi connectivity index (χ1) is 19.8. The van der Waals surface area contributed by atoms with Crippen molar-refractivity contribution in [2.75, 3.05) is 18.4 Å². The quantitative estimate of drug-likeness (QED) is 0.237. The third-order valence-corrected chi connectivity index (χ3v) is 8.46. The van der Waals surface area contributed by atoms with E-state index in [9.17, 15) is 9.59 Å². The molecule has 1 aliphatic rings. The molecule has 1 saturated carbocycles. The van der Waals surface area contributed by atoms with E-state index in [1.807, 2.05) is 65.7 Å². The summed E-state index contributed by atoms with van der Waals surface area (Å²) in [5, 5.41) is 3.77. The Morgan fingerprint density at radius 2 is 1.73 bits per heavy atom. The van der Waals surface area contributed by atoms with Gasteiger partial charge in [0.2, 0.25) is 5.91 Å². The summed E-state index contributed by atoms with van der Waals surface area (Å²) in [6.07, 6.45) is 9.29. The van der Waals surface area contributed by atoms with E-state index in [2.05, 4.69) is 36.7 Å². The molecule has 0 saturated heterocycles. The summed E-state index contributed by atoms with van der Waals surface area (Å²) in [4.78, 5) is 31.2. The topological polar surface area (TPSA) is 57.6 Å². The molecule has 1 aliphatic carbocycles. The van der Waals surface area contributed by atoms with Crippen LogP contribution >= 0.6 is 11.6 Å². The lowest BCUT2D eigenvalue weighted by molar-refractivity contribution is -0.135. The normalized spacial score (nSPS) is 13.8. The number of hydrogen-bond acceptors (Lipinski definition) is 2. The molecule has 1 heterocycles. The van der Waals surface area contributed by atoms with Crippen LogP contribution in [0.2, 0.25) is 5.02 Å². The van der Waals surface area contributed by atoms with Gasteiger partial charge in [0.1, 0.15) is 6.54 Å². The van der Waals surface area contributed by atoms with E-state index < -0.39 is 0 Å². The fourth-order valence-corrected chi connectivity index (χ4v) is 5.69. The first-order valence-electron chi connectivity index (χ1n) is 15.2. The second-order valence-electron chi connectivity index (χ2n) is 11.6. The van der Waals surface area contributed by atoms with E-state index in [4.69, 9.17) is 11.6 Å². The second-order valence-corrected chi connectivity index (χ2v) is 12.0. The summed E-state index contributed by atoms with van der Waals surface area (Å²) >= 11 is 6.46. The Kier molecular flexibility index (Phi) is 11.3. The highest BCUT2D eigenvalue weighted by atomic mass is 35.5. The lowest BCUT2D eigenvalue weighted by Gasteiger charge is -2.36. The Hall–Kier alpha value is -3.25. The summed E-state index contributed by atoms with van der Waals surface area (Å²) < 4.78 is 2.17. The van der Waals surface area contributed by atoms with E-state index >= 15 is 0 Å². The Balaban J connectivity index is 1.52. The number of carbonyl (C=O) groups is 2. The molecule has 4 rings (SSSR count). The minimum atomic E-state index is -0.228. The SMILES string of the molecule is CCc1ccc(NC(=O)N(CCC(C)C)CC(=O)N(Cc2cccn2Cc2ccccc2Cl)C2CCCCC2)cc1. The van der Waals surface area contributed by atoms with Crippen molar-refractivity contribution in [2.24, 2.45) is 5.92 Å². The summed E-state index contributed by atoms with van der Waals surface area (Å²) in [5.74, 6) is 0.425. The highest BCUT2D eigenvalue weighted by Gasteiger charge is 2.29. The van der Waals surface area contributed by atoms with Gasteiger partial charge in [0.15, 0.2) is 0 Å². The van der Waals surface area contributed by atoms with Gasteiger partial charge in [0.05, 0.1) is 6.54 Å². The molecule has 1 aromatic heterocycles. The predicted molar refractivity (Wildman–Crippen MR) is 168 cm³/mol. The highest BCUT2D eigenvalue weighted by Crippen LogP contribution is 2.26. The Labute approximate surface area is 250 Å². The van der Waals surface area contributed by atoms with Gasteiger partial charge in [-0.05, 0) is 73.1 Å². The minimum absolute atomic E-state index is 0.00244. The molecule has 0 radical (unpaired) electrons. The maximum Gasteiger partial charge on any atom is 0.322 e. The van der Waals surface area contributed by atoms with E-state index in [-0.39, 0.29) is 24.5 Å². The van der Waals surface area contributed by atoms with Gasteiger partial charge in [0, 0.05) is 41.7 Å². The molecular weight excluding hydrogens is 532 g/mol. The standard InChI is InChI=1S/C34H45ClN4O2/c1-4-27-16-18-29(19-17-27)36-34(41)38(22-20-26(2)3)25-33(40)39(30-12-6-5-7-13-30)24-31-14-10-21-37(31)23-28-11-8-9-15-32(28)35/h8-11,14-19,21,26,30H,4-7,12-13,20,22-25H2,1-3H3,(H,36,41). The molecule has 0 spiro atoms. The molecule has 3 amide bonds. The van der Waals surface area contributed by atoms with Crippen molar-refractivity contribution in [1.82, 2.24) is 14.4 Å². The molecule has 3 aromatic rings. The predicted octanol–water partition coefficient (Wildman–Crippen LogP) is 7.99. The lowest BCUT2D eigenvalue weighted by Crippen LogP contribution is -2.48. The molecule has 0 unspecified atom stereocenters. The lowest BCUT2D eigenvalue weighted by atomic mass is 9.94. The first kappa shape index (κ1) is 30.7. The number of nitrogens with zero attached hydrogens (tertiary/aromatic N) is 3. The first-order valence-corrected chi connectivity index (χ1v) is 15.5. The molecule has 220 valence electrons. The number of rotatable bonds is 12. The second kappa shape index (κ2) is 15.1. The van der Waals surface area contributed by atoms with Crippen LogP contribution in [0.5, 0.6) is 0 Å². The number of amides is 3. The van der Waals surface area contributed by atoms with Crippen LogP contribution in [-0.4, -0.2) is 45.4 Å². The average molecular weight is 577 g/mol. The van der Waals surface area contributed by atoms with Crippen LogP contribution in [-0.2, 0) is 24.3 Å². The molecule has 0 atom stereocenters. The molecule has 6 nitrogen and oxygen atoms in total. The third-order valence-electron chi connectivity index (χ3n) is 8.09. The number of nitrogens with one attached hydrogen (secondary N) is 1. The summed E-state index contributed by atoms with van der Waals surface area (Å²) in [5.41, 5.74) is 4.08. The fourth-order valence-electron chi connectivity index (χ4n) is 5.49. The van der Waals surface area contributed by atoms with Crippen LogP contribution in [0.1, 0.15) is 76.1 Å². The van der Waals surface area contributed by atoms with Crippen molar-refractivity contribution in [3.05, 3.63) is 88.7 Å². The van der Waals surface area contributed by atoms with Gasteiger partial charge >= 0.3 is 6.03 Å². The molecule has 7 heteroatoms. The van der Waals surface area contributed by atoms with Gasteiger partial charge in [-0.2, -0.15) is 0 Å². The van der Waals surface area contributed by atoms with Crippen LogP contribution in [0.25, 0.3) is 0 Å². The van der Waals surface area contributed by atoms with E-state index in [0.29, 0.717) is 25.6 Å². The minimum Gasteiger partial charge on any atom is -0.345 e. The highest BCUT2D eigenvalue weighted by molar-refractivity contribution is 6.31. The van der Waals surface area contributed by atoms with E-state index in [1.165, 1.54) is 12.0 Å². The van der Waals surface area contributed by atoms with E-state index in [1.54, 1.807) is 4.90 Å². The summed E-state index contributed by atoms with van der Waals surface area (Å²) in [6.45, 7) is 8.15. The zero-order chi connectivity index (χ0) is 29.2. The smallest absolute Gasteiger partial charge is 0.322 e. The van der Waals surface area contributed by atoms with Gasteiger partial charge in [-0.1, -0.05) is 82.0 Å². The fraction of sp³-hybridized carbons (Fsp3) is 0.471. The third kappa shape index (κ3) is 8.87. The van der Waals surface area contributed by atoms with Gasteiger partial charge in [-0.15, -0.1) is 0 Å². The zero-order valence-electron chi connectivity index (χ0n) is 24.8. The van der Waals surface area contributed by atoms with Crippen molar-refractivity contribution >= 4 is 29.2 Å². The van der Waals surface area contributed by atoms with Crippen LogP contribution < -0.4 is 5.32 Å². The van der Waals surface area contributed by atoms with Crippen molar-refractivity contribution in [2.45, 2.75) is 84.8 Å². The van der Waals surface area contributed by atoms with Gasteiger partial charge in [-0.3, -0.25) is 4.79 Å². The maximum atomic E-state index is 14.1. The molecule has 1 N–H and O–H groups in total.